The van der Waals surface area contributed by atoms with Crippen LogP contribution in [0.5, 0.6) is 0 Å². The molecule has 8 heteroatoms. The zero-order chi connectivity index (χ0) is 21.7. The average molecular weight is 494 g/mol. The lowest BCUT2D eigenvalue weighted by Gasteiger charge is -2.36. The summed E-state index contributed by atoms with van der Waals surface area (Å²) in [7, 11) is -3.53. The van der Waals surface area contributed by atoms with Gasteiger partial charge < -0.3 is 5.32 Å². The van der Waals surface area contributed by atoms with Gasteiger partial charge in [0, 0.05) is 23.2 Å². The van der Waals surface area contributed by atoms with Crippen LogP contribution in [0, 0.1) is 12.8 Å². The van der Waals surface area contributed by atoms with Crippen LogP contribution >= 0.6 is 15.9 Å². The van der Waals surface area contributed by atoms with Crippen LogP contribution in [-0.4, -0.2) is 44.9 Å². The lowest BCUT2D eigenvalue weighted by atomic mass is 9.97. The SMILES string of the molecule is Cc1ccc(S(=O)(=O)NCC2CCCN(C(C)C(=O)Nc3ccc(Br)cc3)C2)cc1. The maximum absolute atomic E-state index is 12.7. The third-order valence-corrected chi connectivity index (χ3v) is 7.45. The summed E-state index contributed by atoms with van der Waals surface area (Å²) in [5, 5.41) is 2.95. The van der Waals surface area contributed by atoms with E-state index in [1.54, 1.807) is 24.3 Å². The number of likely N-dealkylation sites (tertiary alicyclic amines) is 1. The van der Waals surface area contributed by atoms with Crippen LogP contribution in [0.1, 0.15) is 25.3 Å². The minimum atomic E-state index is -3.53. The van der Waals surface area contributed by atoms with Gasteiger partial charge in [-0.05, 0) is 75.5 Å². The summed E-state index contributed by atoms with van der Waals surface area (Å²) >= 11 is 3.39. The number of aryl methyl sites for hydroxylation is 1. The Hall–Kier alpha value is -1.74. The van der Waals surface area contributed by atoms with Crippen molar-refractivity contribution >= 4 is 37.5 Å². The molecule has 2 N–H and O–H groups in total. The summed E-state index contributed by atoms with van der Waals surface area (Å²) in [6.45, 7) is 5.71. The average Bonchev–Trinajstić information content (AvgIpc) is 2.74. The fraction of sp³-hybridized carbons (Fsp3) is 0.409. The van der Waals surface area contributed by atoms with Crippen molar-refractivity contribution in [1.82, 2.24) is 9.62 Å². The largest absolute Gasteiger partial charge is 0.325 e. The normalized spacial score (nSPS) is 18.7. The molecule has 0 aromatic heterocycles. The number of hydrogen-bond acceptors (Lipinski definition) is 4. The summed E-state index contributed by atoms with van der Waals surface area (Å²) < 4.78 is 28.8. The van der Waals surface area contributed by atoms with E-state index in [9.17, 15) is 13.2 Å². The molecular formula is C22H28BrN3O3S. The maximum Gasteiger partial charge on any atom is 0.241 e. The molecule has 0 radical (unpaired) electrons. The van der Waals surface area contributed by atoms with E-state index >= 15 is 0 Å². The van der Waals surface area contributed by atoms with Crippen LogP contribution in [0.3, 0.4) is 0 Å². The second kappa shape index (κ2) is 10.0. The van der Waals surface area contributed by atoms with Gasteiger partial charge in [-0.1, -0.05) is 33.6 Å². The molecule has 1 aliphatic rings. The quantitative estimate of drug-likeness (QED) is 0.615. The summed E-state index contributed by atoms with van der Waals surface area (Å²) in [5.41, 5.74) is 1.78. The molecule has 0 bridgehead atoms. The van der Waals surface area contributed by atoms with Gasteiger partial charge in [0.2, 0.25) is 15.9 Å². The van der Waals surface area contributed by atoms with Gasteiger partial charge in [-0.25, -0.2) is 13.1 Å². The lowest BCUT2D eigenvalue weighted by molar-refractivity contribution is -0.121. The second-order valence-corrected chi connectivity index (χ2v) is 10.5. The van der Waals surface area contributed by atoms with Gasteiger partial charge in [0.15, 0.2) is 0 Å². The summed E-state index contributed by atoms with van der Waals surface area (Å²) in [6.07, 6.45) is 1.88. The summed E-state index contributed by atoms with van der Waals surface area (Å²) in [6, 6.07) is 14.0. The molecule has 0 aliphatic carbocycles. The van der Waals surface area contributed by atoms with Crippen molar-refractivity contribution in [2.45, 2.75) is 37.6 Å². The van der Waals surface area contributed by atoms with Crippen molar-refractivity contribution in [2.75, 3.05) is 25.0 Å². The first-order valence-corrected chi connectivity index (χ1v) is 12.4. The Kier molecular flexibility index (Phi) is 7.68. The number of hydrogen-bond donors (Lipinski definition) is 2. The zero-order valence-electron chi connectivity index (χ0n) is 17.3. The fourth-order valence-corrected chi connectivity index (χ4v) is 4.97. The number of rotatable bonds is 7. The van der Waals surface area contributed by atoms with E-state index in [1.807, 2.05) is 38.1 Å². The van der Waals surface area contributed by atoms with Crippen molar-refractivity contribution < 1.29 is 13.2 Å². The van der Waals surface area contributed by atoms with Gasteiger partial charge in [0.05, 0.1) is 10.9 Å². The van der Waals surface area contributed by atoms with Crippen LogP contribution in [-0.2, 0) is 14.8 Å². The Morgan fingerprint density at radius 3 is 2.50 bits per heavy atom. The molecule has 1 aliphatic heterocycles. The highest BCUT2D eigenvalue weighted by molar-refractivity contribution is 9.10. The fourth-order valence-electron chi connectivity index (χ4n) is 3.59. The number of benzene rings is 2. The van der Waals surface area contributed by atoms with Gasteiger partial charge in [0.1, 0.15) is 0 Å². The molecule has 162 valence electrons. The third kappa shape index (κ3) is 6.14. The molecule has 2 atom stereocenters. The van der Waals surface area contributed by atoms with Crippen molar-refractivity contribution in [3.05, 3.63) is 58.6 Å². The van der Waals surface area contributed by atoms with Crippen molar-refractivity contribution in [3.63, 3.8) is 0 Å². The molecule has 6 nitrogen and oxygen atoms in total. The molecule has 2 unspecified atom stereocenters. The predicted molar refractivity (Wildman–Crippen MR) is 123 cm³/mol. The highest BCUT2D eigenvalue weighted by Crippen LogP contribution is 2.20. The molecule has 2 aromatic carbocycles. The smallest absolute Gasteiger partial charge is 0.241 e. The van der Waals surface area contributed by atoms with Crippen LogP contribution in [0.15, 0.2) is 57.9 Å². The van der Waals surface area contributed by atoms with E-state index in [4.69, 9.17) is 0 Å². The third-order valence-electron chi connectivity index (χ3n) is 5.48. The van der Waals surface area contributed by atoms with Gasteiger partial charge in [-0.3, -0.25) is 9.69 Å². The summed E-state index contributed by atoms with van der Waals surface area (Å²) in [4.78, 5) is 15.1. The van der Waals surface area contributed by atoms with E-state index in [1.165, 1.54) is 0 Å². The van der Waals surface area contributed by atoms with Crippen molar-refractivity contribution in [3.8, 4) is 0 Å². The molecule has 0 spiro atoms. The Balaban J connectivity index is 1.54. The van der Waals surface area contributed by atoms with Gasteiger partial charge in [-0.2, -0.15) is 0 Å². The van der Waals surface area contributed by atoms with Gasteiger partial charge in [0.25, 0.3) is 0 Å². The first-order chi connectivity index (χ1) is 14.2. The minimum absolute atomic E-state index is 0.0572. The molecule has 1 saturated heterocycles. The first kappa shape index (κ1) is 22.9. The number of nitrogens with one attached hydrogen (secondary N) is 2. The highest BCUT2D eigenvalue weighted by atomic mass is 79.9. The Morgan fingerprint density at radius 1 is 1.17 bits per heavy atom. The van der Waals surface area contributed by atoms with E-state index < -0.39 is 10.0 Å². The molecular weight excluding hydrogens is 466 g/mol. The monoisotopic (exact) mass is 493 g/mol. The second-order valence-electron chi connectivity index (χ2n) is 7.84. The van der Waals surface area contributed by atoms with Crippen molar-refractivity contribution in [1.29, 1.82) is 0 Å². The Bertz CT molecular complexity index is 962. The number of carbonyl (C=O) groups excluding carboxylic acids is 1. The molecule has 3 rings (SSSR count). The molecule has 1 heterocycles. The van der Waals surface area contributed by atoms with Gasteiger partial charge in [-0.15, -0.1) is 0 Å². The van der Waals surface area contributed by atoms with E-state index in [0.717, 1.165) is 35.1 Å². The predicted octanol–water partition coefficient (Wildman–Crippen LogP) is 3.78. The van der Waals surface area contributed by atoms with Gasteiger partial charge >= 0.3 is 0 Å². The Morgan fingerprint density at radius 2 is 1.83 bits per heavy atom. The van der Waals surface area contributed by atoms with Crippen LogP contribution < -0.4 is 10.0 Å². The van der Waals surface area contributed by atoms with Crippen molar-refractivity contribution in [2.24, 2.45) is 5.92 Å². The number of sulfonamides is 1. The topological polar surface area (TPSA) is 78.5 Å². The first-order valence-electron chi connectivity index (χ1n) is 10.1. The number of amides is 1. The van der Waals surface area contributed by atoms with Crippen LogP contribution in [0.2, 0.25) is 0 Å². The number of nitrogens with zero attached hydrogens (tertiary/aromatic N) is 1. The lowest BCUT2D eigenvalue weighted by Crippen LogP contribution is -2.48. The van der Waals surface area contributed by atoms with E-state index in [2.05, 4.69) is 30.9 Å². The van der Waals surface area contributed by atoms with Crippen LogP contribution in [0.4, 0.5) is 5.69 Å². The molecule has 1 fully saturated rings. The molecule has 0 saturated carbocycles. The number of halogens is 1. The number of anilines is 1. The van der Waals surface area contributed by atoms with E-state index in [-0.39, 0.29) is 22.8 Å². The minimum Gasteiger partial charge on any atom is -0.325 e. The number of carbonyl (C=O) groups is 1. The molecule has 30 heavy (non-hydrogen) atoms. The number of piperidine rings is 1. The molecule has 1 amide bonds. The highest BCUT2D eigenvalue weighted by Gasteiger charge is 2.28. The molecule has 2 aromatic rings. The van der Waals surface area contributed by atoms with Crippen LogP contribution in [0.25, 0.3) is 0 Å². The zero-order valence-corrected chi connectivity index (χ0v) is 19.7. The summed E-state index contributed by atoms with van der Waals surface area (Å²) in [5.74, 6) is 0.111. The Labute approximate surface area is 187 Å². The standard InChI is InChI=1S/C22H28BrN3O3S/c1-16-5-11-21(12-6-16)30(28,29)24-14-18-4-3-13-26(15-18)17(2)22(27)25-20-9-7-19(23)8-10-20/h5-12,17-18,24H,3-4,13-15H2,1-2H3,(H,25,27). The maximum atomic E-state index is 12.7. The van der Waals surface area contributed by atoms with E-state index in [0.29, 0.717) is 13.1 Å².